The molecular weight excluding hydrogens is 262 g/mol. The van der Waals surface area contributed by atoms with Crippen molar-refractivity contribution in [2.75, 3.05) is 18.5 Å². The molecule has 0 fully saturated rings. The van der Waals surface area contributed by atoms with Crippen molar-refractivity contribution in [1.29, 1.82) is 0 Å². The Hall–Kier alpha value is -1.16. The molecule has 1 rings (SSSR count). The lowest BCUT2D eigenvalue weighted by molar-refractivity contribution is -0.0572. The van der Waals surface area contributed by atoms with E-state index in [1.807, 2.05) is 6.92 Å². The van der Waals surface area contributed by atoms with E-state index in [4.69, 9.17) is 14.7 Å². The summed E-state index contributed by atoms with van der Waals surface area (Å²) in [6.07, 6.45) is 1.76. The minimum atomic E-state index is -0.376. The van der Waals surface area contributed by atoms with Crippen molar-refractivity contribution >= 4 is 5.82 Å². The summed E-state index contributed by atoms with van der Waals surface area (Å²) in [5, 5.41) is 3.39. The van der Waals surface area contributed by atoms with Gasteiger partial charge < -0.3 is 10.1 Å². The zero-order valence-corrected chi connectivity index (χ0v) is 14.7. The third kappa shape index (κ3) is 3.73. The molecule has 0 aliphatic carbocycles. The minimum absolute atomic E-state index is 0.376. The molecule has 1 heterocycles. The van der Waals surface area contributed by atoms with Crippen LogP contribution in [0.2, 0.25) is 0 Å². The van der Waals surface area contributed by atoms with Crippen LogP contribution >= 0.6 is 0 Å². The summed E-state index contributed by atoms with van der Waals surface area (Å²) in [4.78, 5) is 9.62. The molecule has 0 bridgehead atoms. The highest BCUT2D eigenvalue weighted by atomic mass is 16.5. The number of hydrogen-bond donors (Lipinski definition) is 1. The first kappa shape index (κ1) is 17.9. The Morgan fingerprint density at radius 3 is 2.14 bits per heavy atom. The van der Waals surface area contributed by atoms with E-state index >= 15 is 0 Å². The molecule has 0 atom stereocenters. The van der Waals surface area contributed by atoms with Crippen molar-refractivity contribution in [3.63, 3.8) is 0 Å². The van der Waals surface area contributed by atoms with Gasteiger partial charge in [0.05, 0.1) is 0 Å². The largest absolute Gasteiger partial charge is 0.370 e. The van der Waals surface area contributed by atoms with E-state index in [0.29, 0.717) is 12.5 Å². The number of aryl methyl sites for hydroxylation is 1. The molecule has 120 valence electrons. The second kappa shape index (κ2) is 7.74. The molecule has 0 aromatic carbocycles. The minimum Gasteiger partial charge on any atom is -0.370 e. The van der Waals surface area contributed by atoms with Crippen LogP contribution < -0.4 is 5.32 Å². The Balaban J connectivity index is 3.43. The topological polar surface area (TPSA) is 47.0 Å². The molecule has 0 saturated carbocycles. The van der Waals surface area contributed by atoms with Gasteiger partial charge in [-0.25, -0.2) is 9.97 Å². The van der Waals surface area contributed by atoms with Crippen LogP contribution in [0.1, 0.15) is 77.4 Å². The number of anilines is 1. The third-order valence-electron chi connectivity index (χ3n) is 4.03. The molecule has 0 unspecified atom stereocenters. The zero-order chi connectivity index (χ0) is 16.0. The predicted molar refractivity (Wildman–Crippen MR) is 88.9 cm³/mol. The number of nitrogens with one attached hydrogen (secondary N) is 1. The van der Waals surface area contributed by atoms with Crippen LogP contribution in [0.25, 0.3) is 0 Å². The van der Waals surface area contributed by atoms with Crippen LogP contribution in [-0.4, -0.2) is 23.1 Å². The smallest absolute Gasteiger partial charge is 0.162 e. The van der Waals surface area contributed by atoms with E-state index < -0.39 is 0 Å². The summed E-state index contributed by atoms with van der Waals surface area (Å²) < 4.78 is 6.05. The summed E-state index contributed by atoms with van der Waals surface area (Å²) in [6, 6.07) is 0. The lowest BCUT2D eigenvalue weighted by Gasteiger charge is -2.31. The van der Waals surface area contributed by atoms with E-state index in [1.54, 1.807) is 0 Å². The zero-order valence-electron chi connectivity index (χ0n) is 14.7. The summed E-state index contributed by atoms with van der Waals surface area (Å²) in [7, 11) is 0. The molecule has 0 spiro atoms. The standard InChI is InChI=1S/C17H31N3O/c1-8-17(9-2,21-11-4)16-19-13(7)14(12(5)6)15(20-16)18-10-3/h12H,8-11H2,1-7H3,(H,18,19,20). The number of ether oxygens (including phenoxy) is 1. The quantitative estimate of drug-likeness (QED) is 0.772. The lowest BCUT2D eigenvalue weighted by Crippen LogP contribution is -2.32. The van der Waals surface area contributed by atoms with E-state index in [0.717, 1.165) is 36.7 Å². The average Bonchev–Trinajstić information content (AvgIpc) is 2.44. The normalized spacial score (nSPS) is 12.0. The van der Waals surface area contributed by atoms with E-state index in [2.05, 4.69) is 46.9 Å². The van der Waals surface area contributed by atoms with E-state index in [1.165, 1.54) is 5.56 Å². The first-order valence-corrected chi connectivity index (χ1v) is 8.22. The summed E-state index contributed by atoms with van der Waals surface area (Å²) >= 11 is 0. The van der Waals surface area contributed by atoms with E-state index in [-0.39, 0.29) is 5.60 Å². The van der Waals surface area contributed by atoms with Gasteiger partial charge in [0, 0.05) is 24.4 Å². The Labute approximate surface area is 129 Å². The van der Waals surface area contributed by atoms with Gasteiger partial charge in [-0.2, -0.15) is 0 Å². The summed E-state index contributed by atoms with van der Waals surface area (Å²) in [5.41, 5.74) is 1.88. The highest BCUT2D eigenvalue weighted by molar-refractivity contribution is 5.48. The van der Waals surface area contributed by atoms with Gasteiger partial charge >= 0.3 is 0 Å². The molecule has 0 saturated heterocycles. The summed E-state index contributed by atoms with van der Waals surface area (Å²) in [6.45, 7) is 16.4. The molecule has 0 amide bonds. The Morgan fingerprint density at radius 2 is 1.71 bits per heavy atom. The van der Waals surface area contributed by atoms with Crippen LogP contribution in [0.4, 0.5) is 5.82 Å². The van der Waals surface area contributed by atoms with Gasteiger partial charge in [0.2, 0.25) is 0 Å². The maximum absolute atomic E-state index is 6.05. The fraction of sp³-hybridized carbons (Fsp3) is 0.765. The Bertz CT molecular complexity index is 454. The lowest BCUT2D eigenvalue weighted by atomic mass is 9.94. The fourth-order valence-electron chi connectivity index (χ4n) is 2.89. The van der Waals surface area contributed by atoms with Crippen molar-refractivity contribution in [2.24, 2.45) is 0 Å². The average molecular weight is 293 g/mol. The van der Waals surface area contributed by atoms with Gasteiger partial charge in [-0.3, -0.25) is 0 Å². The third-order valence-corrected chi connectivity index (χ3v) is 4.03. The Kier molecular flexibility index (Phi) is 6.59. The first-order valence-electron chi connectivity index (χ1n) is 8.22. The first-order chi connectivity index (χ1) is 9.95. The van der Waals surface area contributed by atoms with Gasteiger partial charge in [-0.05, 0) is 39.5 Å². The molecule has 21 heavy (non-hydrogen) atoms. The number of rotatable bonds is 8. The van der Waals surface area contributed by atoms with E-state index in [9.17, 15) is 0 Å². The van der Waals surface area contributed by atoms with Crippen LogP contribution in [0.5, 0.6) is 0 Å². The second-order valence-corrected chi connectivity index (χ2v) is 5.71. The molecule has 1 N–H and O–H groups in total. The molecule has 0 radical (unpaired) electrons. The van der Waals surface area contributed by atoms with Crippen molar-refractivity contribution in [3.05, 3.63) is 17.1 Å². The molecule has 4 nitrogen and oxygen atoms in total. The highest BCUT2D eigenvalue weighted by Gasteiger charge is 2.33. The predicted octanol–water partition coefficient (Wildman–Crippen LogP) is 4.39. The number of aromatic nitrogens is 2. The van der Waals surface area contributed by atoms with Gasteiger partial charge in [0.1, 0.15) is 11.4 Å². The number of nitrogens with zero attached hydrogens (tertiary/aromatic N) is 2. The van der Waals surface area contributed by atoms with Gasteiger partial charge in [-0.1, -0.05) is 27.7 Å². The van der Waals surface area contributed by atoms with Crippen LogP contribution in [-0.2, 0) is 10.3 Å². The molecule has 1 aromatic heterocycles. The van der Waals surface area contributed by atoms with Crippen molar-refractivity contribution in [3.8, 4) is 0 Å². The maximum Gasteiger partial charge on any atom is 0.162 e. The van der Waals surface area contributed by atoms with Crippen molar-refractivity contribution in [1.82, 2.24) is 9.97 Å². The summed E-state index contributed by atoms with van der Waals surface area (Å²) in [5.74, 6) is 2.17. The molecular formula is C17H31N3O. The van der Waals surface area contributed by atoms with Gasteiger partial charge in [0.15, 0.2) is 5.82 Å². The van der Waals surface area contributed by atoms with Crippen LogP contribution in [0, 0.1) is 6.92 Å². The Morgan fingerprint density at radius 1 is 1.10 bits per heavy atom. The van der Waals surface area contributed by atoms with Crippen molar-refractivity contribution < 1.29 is 4.74 Å². The highest BCUT2D eigenvalue weighted by Crippen LogP contribution is 2.34. The van der Waals surface area contributed by atoms with Gasteiger partial charge in [-0.15, -0.1) is 0 Å². The fourth-order valence-corrected chi connectivity index (χ4v) is 2.89. The molecule has 0 aliphatic heterocycles. The molecule has 0 aliphatic rings. The maximum atomic E-state index is 6.05. The molecule has 1 aromatic rings. The van der Waals surface area contributed by atoms with Gasteiger partial charge in [0.25, 0.3) is 0 Å². The SMILES string of the molecule is CCNc1nc(C(CC)(CC)OCC)nc(C)c1C(C)C. The van der Waals surface area contributed by atoms with Crippen LogP contribution in [0.15, 0.2) is 0 Å². The van der Waals surface area contributed by atoms with Crippen molar-refractivity contribution in [2.45, 2.75) is 72.8 Å². The number of hydrogen-bond acceptors (Lipinski definition) is 4. The van der Waals surface area contributed by atoms with Crippen LogP contribution in [0.3, 0.4) is 0 Å². The second-order valence-electron chi connectivity index (χ2n) is 5.71. The molecule has 4 heteroatoms. The monoisotopic (exact) mass is 293 g/mol.